The molecule has 96 valence electrons. The first-order valence-corrected chi connectivity index (χ1v) is 7.04. The summed E-state index contributed by atoms with van der Waals surface area (Å²) >= 11 is 1.62. The van der Waals surface area contributed by atoms with Gasteiger partial charge in [-0.15, -0.1) is 11.8 Å². The Morgan fingerprint density at radius 1 is 1.11 bits per heavy atom. The second kappa shape index (κ2) is 6.34. The van der Waals surface area contributed by atoms with E-state index >= 15 is 0 Å². The normalized spacial score (nSPS) is 10.8. The number of carbonyl (C=O) groups is 1. The molecule has 0 spiro atoms. The topological polar surface area (TPSA) is 17.1 Å². The summed E-state index contributed by atoms with van der Waals surface area (Å²) in [6.45, 7) is 0. The third kappa shape index (κ3) is 3.55. The number of benzene rings is 2. The number of halogens is 1. The lowest BCUT2D eigenvalue weighted by Gasteiger charge is -1.99. The molecule has 3 heteroatoms. The Balaban J connectivity index is 2.14. The van der Waals surface area contributed by atoms with E-state index in [-0.39, 0.29) is 11.6 Å². The van der Waals surface area contributed by atoms with Gasteiger partial charge in [-0.05, 0) is 48.7 Å². The van der Waals surface area contributed by atoms with Crippen LogP contribution < -0.4 is 0 Å². The molecule has 0 unspecified atom stereocenters. The van der Waals surface area contributed by atoms with E-state index in [0.717, 1.165) is 4.90 Å². The van der Waals surface area contributed by atoms with Crippen molar-refractivity contribution in [3.63, 3.8) is 0 Å². The zero-order chi connectivity index (χ0) is 13.7. The second-order valence-corrected chi connectivity index (χ2v) is 4.83. The maximum absolute atomic E-state index is 13.4. The Morgan fingerprint density at radius 2 is 1.79 bits per heavy atom. The SMILES string of the molecule is CSc1ccc(C(=O)C=Cc2ccccc2F)cc1. The Morgan fingerprint density at radius 3 is 2.42 bits per heavy atom. The number of carbonyl (C=O) groups excluding carboxylic acids is 1. The van der Waals surface area contributed by atoms with Crippen LogP contribution in [0, 0.1) is 5.82 Å². The molecule has 2 aromatic rings. The molecule has 2 aromatic carbocycles. The van der Waals surface area contributed by atoms with Crippen molar-refractivity contribution >= 4 is 23.6 Å². The number of hydrogen-bond acceptors (Lipinski definition) is 2. The lowest BCUT2D eigenvalue weighted by molar-refractivity contribution is 0.104. The lowest BCUT2D eigenvalue weighted by Crippen LogP contribution is -1.93. The molecule has 0 fully saturated rings. The minimum atomic E-state index is -0.329. The summed E-state index contributed by atoms with van der Waals surface area (Å²) in [5.41, 5.74) is 1.02. The molecule has 0 aliphatic heterocycles. The van der Waals surface area contributed by atoms with E-state index in [0.29, 0.717) is 11.1 Å². The molecule has 0 saturated carbocycles. The lowest BCUT2D eigenvalue weighted by atomic mass is 10.1. The standard InChI is InChI=1S/C16H13FOS/c1-19-14-9-6-13(7-10-14)16(18)11-8-12-4-2-3-5-15(12)17/h2-11H,1H3. The smallest absolute Gasteiger partial charge is 0.185 e. The molecule has 19 heavy (non-hydrogen) atoms. The first kappa shape index (κ1) is 13.6. The van der Waals surface area contributed by atoms with Crippen molar-refractivity contribution in [3.8, 4) is 0 Å². The van der Waals surface area contributed by atoms with Crippen LogP contribution in [0.15, 0.2) is 59.5 Å². The number of ketones is 1. The van der Waals surface area contributed by atoms with Gasteiger partial charge in [-0.25, -0.2) is 4.39 Å². The van der Waals surface area contributed by atoms with Gasteiger partial charge in [-0.3, -0.25) is 4.79 Å². The fourth-order valence-electron chi connectivity index (χ4n) is 1.63. The van der Waals surface area contributed by atoms with E-state index in [2.05, 4.69) is 0 Å². The molecule has 1 nitrogen and oxygen atoms in total. The van der Waals surface area contributed by atoms with Crippen LogP contribution in [0.1, 0.15) is 15.9 Å². The summed E-state index contributed by atoms with van der Waals surface area (Å²) in [7, 11) is 0. The predicted octanol–water partition coefficient (Wildman–Crippen LogP) is 4.44. The van der Waals surface area contributed by atoms with Crippen LogP contribution in [-0.2, 0) is 0 Å². The van der Waals surface area contributed by atoms with Crippen molar-refractivity contribution < 1.29 is 9.18 Å². The molecule has 0 amide bonds. The van der Waals surface area contributed by atoms with Crippen molar-refractivity contribution in [3.05, 3.63) is 71.6 Å². The molecule has 0 aliphatic carbocycles. The molecule has 0 saturated heterocycles. The van der Waals surface area contributed by atoms with Crippen molar-refractivity contribution in [1.82, 2.24) is 0 Å². The number of thioether (sulfide) groups is 1. The van der Waals surface area contributed by atoms with E-state index in [4.69, 9.17) is 0 Å². The van der Waals surface area contributed by atoms with Crippen LogP contribution in [0.4, 0.5) is 4.39 Å². The summed E-state index contributed by atoms with van der Waals surface area (Å²) in [5.74, 6) is -0.458. The predicted molar refractivity (Wildman–Crippen MR) is 78.0 cm³/mol. The first-order chi connectivity index (χ1) is 9.20. The molecular weight excluding hydrogens is 259 g/mol. The van der Waals surface area contributed by atoms with Gasteiger partial charge in [0.1, 0.15) is 5.82 Å². The minimum Gasteiger partial charge on any atom is -0.289 e. The molecule has 2 rings (SSSR count). The fourth-order valence-corrected chi connectivity index (χ4v) is 2.04. The summed E-state index contributed by atoms with van der Waals surface area (Å²) in [6, 6.07) is 13.7. The highest BCUT2D eigenvalue weighted by atomic mass is 32.2. The van der Waals surface area contributed by atoms with E-state index in [1.165, 1.54) is 18.2 Å². The Labute approximate surface area is 116 Å². The van der Waals surface area contributed by atoms with Gasteiger partial charge in [0, 0.05) is 16.0 Å². The zero-order valence-electron chi connectivity index (χ0n) is 10.5. The quantitative estimate of drug-likeness (QED) is 0.465. The molecule has 0 radical (unpaired) electrons. The third-order valence-corrected chi connectivity index (χ3v) is 3.44. The van der Waals surface area contributed by atoms with Crippen molar-refractivity contribution in [2.75, 3.05) is 6.26 Å². The van der Waals surface area contributed by atoms with Gasteiger partial charge in [0.25, 0.3) is 0 Å². The molecule has 0 N–H and O–H groups in total. The molecule has 0 aliphatic rings. The Bertz CT molecular complexity index is 602. The van der Waals surface area contributed by atoms with Gasteiger partial charge in [0.15, 0.2) is 5.78 Å². The largest absolute Gasteiger partial charge is 0.289 e. The summed E-state index contributed by atoms with van der Waals surface area (Å²) in [4.78, 5) is 13.0. The van der Waals surface area contributed by atoms with Gasteiger partial charge in [0.05, 0.1) is 0 Å². The number of rotatable bonds is 4. The maximum atomic E-state index is 13.4. The Kier molecular flexibility index (Phi) is 4.53. The first-order valence-electron chi connectivity index (χ1n) is 5.81. The van der Waals surface area contributed by atoms with E-state index < -0.39 is 0 Å². The van der Waals surface area contributed by atoms with Crippen LogP contribution in [0.2, 0.25) is 0 Å². The molecule has 0 aromatic heterocycles. The van der Waals surface area contributed by atoms with Crippen molar-refractivity contribution in [2.24, 2.45) is 0 Å². The average Bonchev–Trinajstić information content (AvgIpc) is 2.46. The van der Waals surface area contributed by atoms with Crippen LogP contribution in [0.3, 0.4) is 0 Å². The minimum absolute atomic E-state index is 0.129. The van der Waals surface area contributed by atoms with Gasteiger partial charge in [-0.1, -0.05) is 18.2 Å². The van der Waals surface area contributed by atoms with E-state index in [1.54, 1.807) is 42.1 Å². The van der Waals surface area contributed by atoms with Gasteiger partial charge in [-0.2, -0.15) is 0 Å². The Hall–Kier alpha value is -1.87. The molecule has 0 heterocycles. The van der Waals surface area contributed by atoms with E-state index in [9.17, 15) is 9.18 Å². The van der Waals surface area contributed by atoms with E-state index in [1.807, 2.05) is 18.4 Å². The van der Waals surface area contributed by atoms with Gasteiger partial charge in [0.2, 0.25) is 0 Å². The van der Waals surface area contributed by atoms with Crippen LogP contribution in [-0.4, -0.2) is 12.0 Å². The summed E-state index contributed by atoms with van der Waals surface area (Å²) in [6.07, 6.45) is 4.88. The summed E-state index contributed by atoms with van der Waals surface area (Å²) in [5, 5.41) is 0. The molecular formula is C16H13FOS. The van der Waals surface area contributed by atoms with Crippen LogP contribution in [0.25, 0.3) is 6.08 Å². The highest BCUT2D eigenvalue weighted by Gasteiger charge is 2.02. The number of hydrogen-bond donors (Lipinski definition) is 0. The van der Waals surface area contributed by atoms with Crippen LogP contribution >= 0.6 is 11.8 Å². The van der Waals surface area contributed by atoms with Crippen molar-refractivity contribution in [2.45, 2.75) is 4.90 Å². The second-order valence-electron chi connectivity index (χ2n) is 3.95. The van der Waals surface area contributed by atoms with Crippen LogP contribution in [0.5, 0.6) is 0 Å². The van der Waals surface area contributed by atoms with Gasteiger partial charge < -0.3 is 0 Å². The highest BCUT2D eigenvalue weighted by molar-refractivity contribution is 7.98. The molecule has 0 bridgehead atoms. The van der Waals surface area contributed by atoms with Crippen molar-refractivity contribution in [1.29, 1.82) is 0 Å². The number of allylic oxidation sites excluding steroid dienone is 1. The van der Waals surface area contributed by atoms with Gasteiger partial charge >= 0.3 is 0 Å². The zero-order valence-corrected chi connectivity index (χ0v) is 11.3. The third-order valence-electron chi connectivity index (χ3n) is 2.69. The molecule has 0 atom stereocenters. The average molecular weight is 272 g/mol. The monoisotopic (exact) mass is 272 g/mol. The maximum Gasteiger partial charge on any atom is 0.185 e. The summed E-state index contributed by atoms with van der Waals surface area (Å²) < 4.78 is 13.4. The highest BCUT2D eigenvalue weighted by Crippen LogP contribution is 2.16. The fraction of sp³-hybridized carbons (Fsp3) is 0.0625.